The Morgan fingerprint density at radius 1 is 1.33 bits per heavy atom. The van der Waals surface area contributed by atoms with Gasteiger partial charge in [-0.15, -0.1) is 0 Å². The molecule has 0 aliphatic rings. The van der Waals surface area contributed by atoms with Gasteiger partial charge in [-0.25, -0.2) is 14.2 Å². The molecule has 0 atom stereocenters. The van der Waals surface area contributed by atoms with Crippen LogP contribution in [0.25, 0.3) is 0 Å². The normalized spacial score (nSPS) is 10.3. The Balaban J connectivity index is 2.36. The highest BCUT2D eigenvalue weighted by Gasteiger charge is 2.18. The van der Waals surface area contributed by atoms with Crippen LogP contribution in [0, 0.1) is 5.82 Å². The maximum atomic E-state index is 13.6. The molecule has 2 aromatic rings. The van der Waals surface area contributed by atoms with Crippen molar-refractivity contribution in [2.24, 2.45) is 0 Å². The van der Waals surface area contributed by atoms with Gasteiger partial charge in [0.05, 0.1) is 5.02 Å². The van der Waals surface area contributed by atoms with Crippen molar-refractivity contribution in [2.45, 2.75) is 6.42 Å². The molecular weight excluding hydrogens is 257 g/mol. The van der Waals surface area contributed by atoms with Crippen molar-refractivity contribution in [3.8, 4) is 0 Å². The molecule has 0 saturated heterocycles. The standard InChI is InChI=1S/C13H9ClFNO2/c14-10-9(6-8-4-2-1-3-5-8)7-16-12(11(10)15)13(17)18/h1-5,7H,6H2,(H,17,18). The maximum Gasteiger partial charge on any atom is 0.357 e. The second kappa shape index (κ2) is 5.14. The fourth-order valence-corrected chi connectivity index (χ4v) is 1.79. The molecule has 0 fully saturated rings. The van der Waals surface area contributed by atoms with E-state index in [4.69, 9.17) is 16.7 Å². The first-order valence-corrected chi connectivity index (χ1v) is 5.57. The van der Waals surface area contributed by atoms with E-state index in [1.807, 2.05) is 30.3 Å². The van der Waals surface area contributed by atoms with E-state index in [9.17, 15) is 9.18 Å². The van der Waals surface area contributed by atoms with Crippen molar-refractivity contribution in [1.29, 1.82) is 0 Å². The van der Waals surface area contributed by atoms with Gasteiger partial charge in [-0.05, 0) is 11.1 Å². The number of hydrogen-bond acceptors (Lipinski definition) is 2. The maximum absolute atomic E-state index is 13.6. The molecule has 0 radical (unpaired) electrons. The molecule has 1 aromatic carbocycles. The van der Waals surface area contributed by atoms with Gasteiger partial charge in [-0.1, -0.05) is 41.9 Å². The summed E-state index contributed by atoms with van der Waals surface area (Å²) in [7, 11) is 0. The molecule has 1 heterocycles. The van der Waals surface area contributed by atoms with Gasteiger partial charge in [0.15, 0.2) is 11.5 Å². The van der Waals surface area contributed by atoms with Gasteiger partial charge in [0, 0.05) is 12.6 Å². The summed E-state index contributed by atoms with van der Waals surface area (Å²) in [5, 5.41) is 8.52. The summed E-state index contributed by atoms with van der Waals surface area (Å²) < 4.78 is 13.6. The van der Waals surface area contributed by atoms with E-state index in [-0.39, 0.29) is 5.02 Å². The molecule has 1 aromatic heterocycles. The molecule has 0 aliphatic heterocycles. The fourth-order valence-electron chi connectivity index (χ4n) is 1.59. The summed E-state index contributed by atoms with van der Waals surface area (Å²) in [4.78, 5) is 14.3. The van der Waals surface area contributed by atoms with Crippen LogP contribution >= 0.6 is 11.6 Å². The Labute approximate surface area is 108 Å². The Hall–Kier alpha value is -1.94. The van der Waals surface area contributed by atoms with Crippen LogP contribution in [0.15, 0.2) is 36.5 Å². The van der Waals surface area contributed by atoms with E-state index >= 15 is 0 Å². The number of carboxylic acid groups (broad SMARTS) is 1. The third kappa shape index (κ3) is 2.49. The van der Waals surface area contributed by atoms with Crippen molar-refractivity contribution in [3.63, 3.8) is 0 Å². The molecule has 0 bridgehead atoms. The van der Waals surface area contributed by atoms with Crippen LogP contribution in [-0.2, 0) is 6.42 Å². The number of aromatic carboxylic acids is 1. The summed E-state index contributed by atoms with van der Waals surface area (Å²) in [6.07, 6.45) is 1.70. The minimum atomic E-state index is -1.43. The minimum Gasteiger partial charge on any atom is -0.476 e. The first-order chi connectivity index (χ1) is 8.59. The Morgan fingerprint density at radius 3 is 2.61 bits per heavy atom. The second-order valence-electron chi connectivity index (χ2n) is 3.73. The van der Waals surface area contributed by atoms with Gasteiger partial charge in [0.2, 0.25) is 0 Å². The number of nitrogens with zero attached hydrogens (tertiary/aromatic N) is 1. The molecule has 1 N–H and O–H groups in total. The zero-order chi connectivity index (χ0) is 13.1. The average molecular weight is 266 g/mol. The Kier molecular flexibility index (Phi) is 3.58. The highest BCUT2D eigenvalue weighted by Crippen LogP contribution is 2.23. The van der Waals surface area contributed by atoms with E-state index in [0.29, 0.717) is 12.0 Å². The number of aromatic nitrogens is 1. The molecule has 18 heavy (non-hydrogen) atoms. The fraction of sp³-hybridized carbons (Fsp3) is 0.0769. The van der Waals surface area contributed by atoms with Crippen molar-refractivity contribution in [3.05, 3.63) is 64.2 Å². The molecule has 0 spiro atoms. The highest BCUT2D eigenvalue weighted by atomic mass is 35.5. The quantitative estimate of drug-likeness (QED) is 0.927. The van der Waals surface area contributed by atoms with Crippen LogP contribution in [0.3, 0.4) is 0 Å². The lowest BCUT2D eigenvalue weighted by Crippen LogP contribution is -2.06. The van der Waals surface area contributed by atoms with Crippen LogP contribution < -0.4 is 0 Å². The monoisotopic (exact) mass is 265 g/mol. The van der Waals surface area contributed by atoms with Crippen LogP contribution in [0.4, 0.5) is 4.39 Å². The molecule has 0 saturated carbocycles. The Bertz CT molecular complexity index is 587. The molecule has 3 nitrogen and oxygen atoms in total. The molecule has 0 amide bonds. The number of hydrogen-bond donors (Lipinski definition) is 1. The van der Waals surface area contributed by atoms with Crippen molar-refractivity contribution in [1.82, 2.24) is 4.98 Å². The third-order valence-electron chi connectivity index (χ3n) is 2.47. The van der Waals surface area contributed by atoms with Gasteiger partial charge >= 0.3 is 5.97 Å². The van der Waals surface area contributed by atoms with Gasteiger partial charge in [0.1, 0.15) is 0 Å². The minimum absolute atomic E-state index is 0.189. The molecule has 0 aliphatic carbocycles. The highest BCUT2D eigenvalue weighted by molar-refractivity contribution is 6.31. The molecule has 5 heteroatoms. The summed E-state index contributed by atoms with van der Waals surface area (Å²) >= 11 is 5.81. The lowest BCUT2D eigenvalue weighted by molar-refractivity contribution is 0.0685. The number of pyridine rings is 1. The molecule has 0 unspecified atom stereocenters. The Morgan fingerprint density at radius 2 is 2.00 bits per heavy atom. The van der Waals surface area contributed by atoms with Crippen molar-refractivity contribution >= 4 is 17.6 Å². The number of carbonyl (C=O) groups is 1. The lowest BCUT2D eigenvalue weighted by atomic mass is 10.1. The smallest absolute Gasteiger partial charge is 0.357 e. The van der Waals surface area contributed by atoms with E-state index in [0.717, 1.165) is 5.56 Å². The van der Waals surface area contributed by atoms with Gasteiger partial charge in [-0.3, -0.25) is 0 Å². The van der Waals surface area contributed by atoms with E-state index in [1.54, 1.807) is 0 Å². The third-order valence-corrected chi connectivity index (χ3v) is 2.88. The lowest BCUT2D eigenvalue weighted by Gasteiger charge is -2.06. The number of rotatable bonds is 3. The predicted octanol–water partition coefficient (Wildman–Crippen LogP) is 3.16. The van der Waals surface area contributed by atoms with Crippen molar-refractivity contribution < 1.29 is 14.3 Å². The first-order valence-electron chi connectivity index (χ1n) is 5.19. The van der Waals surface area contributed by atoms with E-state index < -0.39 is 17.5 Å². The van der Waals surface area contributed by atoms with Crippen LogP contribution in [-0.4, -0.2) is 16.1 Å². The molecular formula is C13H9ClFNO2. The number of carboxylic acids is 1. The van der Waals surface area contributed by atoms with Gasteiger partial charge in [0.25, 0.3) is 0 Å². The number of benzene rings is 1. The zero-order valence-corrected chi connectivity index (χ0v) is 9.99. The summed E-state index contributed by atoms with van der Waals surface area (Å²) in [6, 6.07) is 9.34. The topological polar surface area (TPSA) is 50.2 Å². The molecule has 92 valence electrons. The number of halogens is 2. The first kappa shape index (κ1) is 12.5. The van der Waals surface area contributed by atoms with Crippen LogP contribution in [0.1, 0.15) is 21.6 Å². The van der Waals surface area contributed by atoms with Crippen LogP contribution in [0.2, 0.25) is 5.02 Å². The van der Waals surface area contributed by atoms with Gasteiger partial charge in [-0.2, -0.15) is 0 Å². The van der Waals surface area contributed by atoms with E-state index in [1.165, 1.54) is 6.20 Å². The summed E-state index contributed by atoms with van der Waals surface area (Å²) in [5.41, 5.74) is 0.755. The summed E-state index contributed by atoms with van der Waals surface area (Å²) in [5.74, 6) is -2.42. The molecule has 2 rings (SSSR count). The van der Waals surface area contributed by atoms with Crippen molar-refractivity contribution in [2.75, 3.05) is 0 Å². The largest absolute Gasteiger partial charge is 0.476 e. The predicted molar refractivity (Wildman–Crippen MR) is 65.4 cm³/mol. The average Bonchev–Trinajstić information content (AvgIpc) is 2.36. The van der Waals surface area contributed by atoms with Gasteiger partial charge < -0.3 is 5.11 Å². The zero-order valence-electron chi connectivity index (χ0n) is 9.23. The SMILES string of the molecule is O=C(O)c1ncc(Cc2ccccc2)c(Cl)c1F. The second-order valence-corrected chi connectivity index (χ2v) is 4.11. The van der Waals surface area contributed by atoms with Crippen LogP contribution in [0.5, 0.6) is 0 Å². The summed E-state index contributed by atoms with van der Waals surface area (Å²) in [6.45, 7) is 0. The van der Waals surface area contributed by atoms with E-state index in [2.05, 4.69) is 4.98 Å².